The van der Waals surface area contributed by atoms with Gasteiger partial charge >= 0.3 is 0 Å². The van der Waals surface area contributed by atoms with Crippen LogP contribution in [0.3, 0.4) is 0 Å². The molecule has 1 heterocycles. The largest absolute Gasteiger partial charge is 0.354 e. The molecule has 0 saturated heterocycles. The van der Waals surface area contributed by atoms with Gasteiger partial charge in [-0.1, -0.05) is 6.07 Å². The van der Waals surface area contributed by atoms with E-state index in [2.05, 4.69) is 21.7 Å². The van der Waals surface area contributed by atoms with Crippen molar-refractivity contribution in [3.8, 4) is 0 Å². The first kappa shape index (κ1) is 14.5. The van der Waals surface area contributed by atoms with Gasteiger partial charge in [-0.3, -0.25) is 4.79 Å². The molecule has 0 aliphatic heterocycles. The number of carbonyl (C=O) groups is 1. The lowest BCUT2D eigenvalue weighted by molar-refractivity contribution is -0.125. The molecule has 2 rings (SSSR count). The molecule has 1 aliphatic rings. The van der Waals surface area contributed by atoms with Crippen LogP contribution in [0.4, 0.5) is 0 Å². The predicted molar refractivity (Wildman–Crippen MR) is 79.1 cm³/mol. The third-order valence-corrected chi connectivity index (χ3v) is 4.78. The van der Waals surface area contributed by atoms with Crippen LogP contribution in [0.2, 0.25) is 0 Å². The van der Waals surface area contributed by atoms with Crippen molar-refractivity contribution < 1.29 is 4.79 Å². The van der Waals surface area contributed by atoms with E-state index in [0.717, 1.165) is 19.3 Å². The van der Waals surface area contributed by atoms with Crippen molar-refractivity contribution in [1.82, 2.24) is 10.2 Å². The summed E-state index contributed by atoms with van der Waals surface area (Å²) in [4.78, 5) is 15.5. The Morgan fingerprint density at radius 3 is 2.89 bits per heavy atom. The Morgan fingerprint density at radius 2 is 2.37 bits per heavy atom. The van der Waals surface area contributed by atoms with E-state index in [-0.39, 0.29) is 23.9 Å². The van der Waals surface area contributed by atoms with E-state index in [1.807, 2.05) is 20.2 Å². The SMILES string of the molecule is CN(C)C(CNC(=O)C1CCC(N)C1)c1cccs1. The fraction of sp³-hybridized carbons (Fsp3) is 0.643. The van der Waals surface area contributed by atoms with Crippen molar-refractivity contribution in [2.24, 2.45) is 11.7 Å². The lowest BCUT2D eigenvalue weighted by atomic mass is 10.1. The Labute approximate surface area is 119 Å². The third kappa shape index (κ3) is 3.78. The molecule has 106 valence electrons. The van der Waals surface area contributed by atoms with Crippen molar-refractivity contribution in [3.05, 3.63) is 22.4 Å². The Hall–Kier alpha value is -0.910. The van der Waals surface area contributed by atoms with Crippen LogP contribution in [0.25, 0.3) is 0 Å². The zero-order valence-electron chi connectivity index (χ0n) is 11.6. The first-order valence-electron chi connectivity index (χ1n) is 6.81. The minimum Gasteiger partial charge on any atom is -0.354 e. The summed E-state index contributed by atoms with van der Waals surface area (Å²) < 4.78 is 0. The molecule has 3 atom stereocenters. The summed E-state index contributed by atoms with van der Waals surface area (Å²) in [5.41, 5.74) is 5.86. The maximum absolute atomic E-state index is 12.1. The normalized spacial score (nSPS) is 24.6. The maximum Gasteiger partial charge on any atom is 0.223 e. The molecule has 1 aromatic heterocycles. The molecule has 1 aromatic rings. The second-order valence-corrected chi connectivity index (χ2v) is 6.49. The lowest BCUT2D eigenvalue weighted by Crippen LogP contribution is -2.37. The summed E-state index contributed by atoms with van der Waals surface area (Å²) in [6.45, 7) is 0.665. The Balaban J connectivity index is 1.87. The van der Waals surface area contributed by atoms with Crippen molar-refractivity contribution in [3.63, 3.8) is 0 Å². The highest BCUT2D eigenvalue weighted by atomic mass is 32.1. The van der Waals surface area contributed by atoms with Gasteiger partial charge in [-0.2, -0.15) is 0 Å². The second kappa shape index (κ2) is 6.50. The van der Waals surface area contributed by atoms with Gasteiger partial charge in [0.15, 0.2) is 0 Å². The van der Waals surface area contributed by atoms with Crippen LogP contribution in [0, 0.1) is 5.92 Å². The van der Waals surface area contributed by atoms with Gasteiger partial charge in [-0.05, 0) is 44.8 Å². The molecule has 0 aromatic carbocycles. The number of thiophene rings is 1. The number of amides is 1. The minimum atomic E-state index is 0.112. The van der Waals surface area contributed by atoms with Crippen molar-refractivity contribution in [2.75, 3.05) is 20.6 Å². The highest BCUT2D eigenvalue weighted by molar-refractivity contribution is 7.10. The quantitative estimate of drug-likeness (QED) is 0.862. The molecule has 0 spiro atoms. The number of hydrogen-bond donors (Lipinski definition) is 2. The van der Waals surface area contributed by atoms with Crippen LogP contribution in [-0.4, -0.2) is 37.5 Å². The first-order valence-corrected chi connectivity index (χ1v) is 7.69. The molecule has 1 amide bonds. The Morgan fingerprint density at radius 1 is 1.58 bits per heavy atom. The maximum atomic E-state index is 12.1. The van der Waals surface area contributed by atoms with Gasteiger partial charge in [0.1, 0.15) is 0 Å². The number of rotatable bonds is 5. The minimum absolute atomic E-state index is 0.112. The van der Waals surface area contributed by atoms with Gasteiger partial charge in [0.05, 0.1) is 6.04 Å². The zero-order valence-corrected chi connectivity index (χ0v) is 12.5. The van der Waals surface area contributed by atoms with Gasteiger partial charge in [0, 0.05) is 23.4 Å². The number of nitrogens with one attached hydrogen (secondary N) is 1. The predicted octanol–water partition coefficient (Wildman–Crippen LogP) is 1.59. The average molecular weight is 281 g/mol. The summed E-state index contributed by atoms with van der Waals surface area (Å²) in [6.07, 6.45) is 2.73. The van der Waals surface area contributed by atoms with E-state index in [9.17, 15) is 4.79 Å². The summed E-state index contributed by atoms with van der Waals surface area (Å²) in [5, 5.41) is 5.16. The number of carbonyl (C=O) groups excluding carboxylic acids is 1. The summed E-state index contributed by atoms with van der Waals surface area (Å²) in [6, 6.07) is 4.62. The van der Waals surface area contributed by atoms with E-state index in [1.54, 1.807) is 11.3 Å². The van der Waals surface area contributed by atoms with E-state index >= 15 is 0 Å². The van der Waals surface area contributed by atoms with E-state index < -0.39 is 0 Å². The zero-order chi connectivity index (χ0) is 13.8. The van der Waals surface area contributed by atoms with Crippen molar-refractivity contribution in [1.29, 1.82) is 0 Å². The third-order valence-electron chi connectivity index (χ3n) is 3.81. The number of nitrogens with two attached hydrogens (primary N) is 1. The van der Waals surface area contributed by atoms with E-state index in [4.69, 9.17) is 5.73 Å². The molecule has 19 heavy (non-hydrogen) atoms. The summed E-state index contributed by atoms with van der Waals surface area (Å²) in [7, 11) is 4.09. The van der Waals surface area contributed by atoms with Gasteiger partial charge in [0.2, 0.25) is 5.91 Å². The molecule has 3 N–H and O–H groups in total. The van der Waals surface area contributed by atoms with Gasteiger partial charge in [0.25, 0.3) is 0 Å². The number of nitrogens with zero attached hydrogens (tertiary/aromatic N) is 1. The lowest BCUT2D eigenvalue weighted by Gasteiger charge is -2.24. The van der Waals surface area contributed by atoms with Crippen LogP contribution in [-0.2, 0) is 4.79 Å². The fourth-order valence-corrected chi connectivity index (χ4v) is 3.54. The van der Waals surface area contributed by atoms with E-state index in [0.29, 0.717) is 6.54 Å². The monoisotopic (exact) mass is 281 g/mol. The van der Waals surface area contributed by atoms with Crippen LogP contribution in [0.15, 0.2) is 17.5 Å². The van der Waals surface area contributed by atoms with Crippen LogP contribution < -0.4 is 11.1 Å². The fourth-order valence-electron chi connectivity index (χ4n) is 2.61. The van der Waals surface area contributed by atoms with Crippen molar-refractivity contribution >= 4 is 17.2 Å². The highest BCUT2D eigenvalue weighted by Crippen LogP contribution is 2.25. The van der Waals surface area contributed by atoms with Crippen LogP contribution in [0.1, 0.15) is 30.2 Å². The standard InChI is InChI=1S/C14H23N3OS/c1-17(2)12(13-4-3-7-19-13)9-16-14(18)10-5-6-11(15)8-10/h3-4,7,10-12H,5-6,8-9,15H2,1-2H3,(H,16,18). The second-order valence-electron chi connectivity index (χ2n) is 5.51. The average Bonchev–Trinajstić information content (AvgIpc) is 3.00. The number of likely N-dealkylation sites (N-methyl/N-ethyl adjacent to an activating group) is 1. The topological polar surface area (TPSA) is 58.4 Å². The first-order chi connectivity index (χ1) is 9.08. The van der Waals surface area contributed by atoms with Crippen LogP contribution >= 0.6 is 11.3 Å². The summed E-state index contributed by atoms with van der Waals surface area (Å²) in [5.74, 6) is 0.275. The molecule has 5 heteroatoms. The molecule has 0 bridgehead atoms. The molecule has 1 saturated carbocycles. The molecule has 0 radical (unpaired) electrons. The van der Waals surface area contributed by atoms with Crippen molar-refractivity contribution in [2.45, 2.75) is 31.3 Å². The molecule has 3 unspecified atom stereocenters. The van der Waals surface area contributed by atoms with Crippen LogP contribution in [0.5, 0.6) is 0 Å². The Bertz CT molecular complexity index is 405. The molecule has 4 nitrogen and oxygen atoms in total. The van der Waals surface area contributed by atoms with E-state index in [1.165, 1.54) is 4.88 Å². The molecule has 1 fully saturated rings. The number of hydrogen-bond acceptors (Lipinski definition) is 4. The smallest absolute Gasteiger partial charge is 0.223 e. The highest BCUT2D eigenvalue weighted by Gasteiger charge is 2.28. The Kier molecular flexibility index (Phi) is 4.96. The van der Waals surface area contributed by atoms with Gasteiger partial charge in [-0.25, -0.2) is 0 Å². The van der Waals surface area contributed by atoms with Gasteiger partial charge in [-0.15, -0.1) is 11.3 Å². The van der Waals surface area contributed by atoms with Gasteiger partial charge < -0.3 is 16.0 Å². The molecule has 1 aliphatic carbocycles. The summed E-state index contributed by atoms with van der Waals surface area (Å²) >= 11 is 1.73. The molecular weight excluding hydrogens is 258 g/mol. The molecular formula is C14H23N3OS.